The zero-order chi connectivity index (χ0) is 48.8. The second-order valence-electron chi connectivity index (χ2n) is 20.6. The van der Waals surface area contributed by atoms with Gasteiger partial charge in [-0.25, -0.2) is 0 Å². The van der Waals surface area contributed by atoms with Crippen LogP contribution in [0.5, 0.6) is 0 Å². The molecule has 0 aromatic heterocycles. The Bertz CT molecular complexity index is 788. The van der Waals surface area contributed by atoms with Crippen LogP contribution in [0.4, 0.5) is 0 Å². The van der Waals surface area contributed by atoms with Crippen LogP contribution >= 0.6 is 11.8 Å². The van der Waals surface area contributed by atoms with Crippen molar-refractivity contribution in [2.24, 2.45) is 29.6 Å². The van der Waals surface area contributed by atoms with E-state index in [0.717, 1.165) is 54.3 Å². The molecule has 0 aromatic rings. The van der Waals surface area contributed by atoms with Crippen molar-refractivity contribution < 1.29 is 92.9 Å². The summed E-state index contributed by atoms with van der Waals surface area (Å²) in [6.45, 7) is 40.5. The van der Waals surface area contributed by atoms with Gasteiger partial charge >= 0.3 is 0 Å². The number of nitrogens with two attached hydrogens (primary N) is 4. The second-order valence-corrected chi connectivity index (χ2v) is 20.9. The number of rotatable bonds is 41. The first-order valence-electron chi connectivity index (χ1n) is 28.2. The molecule has 0 rings (SSSR count). The lowest BCUT2D eigenvalue weighted by Crippen LogP contribution is -3.00. The van der Waals surface area contributed by atoms with Crippen molar-refractivity contribution in [3.05, 3.63) is 4.84 Å². The number of hydrogen-bond donors (Lipinski definition) is 5. The fourth-order valence-electron chi connectivity index (χ4n) is 8.08. The van der Waals surface area contributed by atoms with E-state index in [0.29, 0.717) is 5.92 Å². The molecule has 68 heavy (non-hydrogen) atoms. The third-order valence-corrected chi connectivity index (χ3v) is 12.3. The Morgan fingerprint density at radius 2 is 0.765 bits per heavy atom. The van der Waals surface area contributed by atoms with E-state index >= 15 is 0 Å². The Morgan fingerprint density at radius 1 is 0.426 bits per heavy atom. The molecule has 0 spiro atoms. The van der Waals surface area contributed by atoms with Gasteiger partial charge in [0.1, 0.15) is 13.1 Å². The topological polar surface area (TPSA) is 101 Å². The van der Waals surface area contributed by atoms with E-state index in [4.69, 9.17) is 11.8 Å². The average Bonchev–Trinajstić information content (AvgIpc) is 3.23. The largest absolute Gasteiger partial charge is 1.00 e. The molecule has 0 aliphatic carbocycles. The van der Waals surface area contributed by atoms with E-state index in [9.17, 15) is 5.11 Å². The lowest BCUT2D eigenvalue weighted by molar-refractivity contribution is -0.870. The molecule has 0 saturated heterocycles. The third-order valence-electron chi connectivity index (χ3n) is 12.1. The first kappa shape index (κ1) is 92.1. The minimum absolute atomic E-state index is 0. The highest BCUT2D eigenvalue weighted by Crippen LogP contribution is 2.10. The average molecular weight is 1100 g/mol. The van der Waals surface area contributed by atoms with Crippen LogP contribution in [0, 0.1) is 29.6 Å². The molecule has 6 unspecified atom stereocenters. The van der Waals surface area contributed by atoms with Crippen LogP contribution < -0.4 is 83.3 Å². The molecule has 0 aliphatic heterocycles. The smallest absolute Gasteiger partial charge is 0.151 e. The van der Waals surface area contributed by atoms with Crippen LogP contribution in [-0.4, -0.2) is 102 Å². The number of aliphatic hydroxyl groups is 1. The SMILES string of the molecule is CC.CCCC(C)C[N-]Cl.CCCC(C)C[NH2+]CC(O)C[NH2+]CC(CC)CCC.CCCC(C)C[NH2+]CCCCCC[N+](C)(C)C.CCCCCCCCCC[NH2+]CC(C)CCC.[Cl-].[Cl-].[Cl-].[Cl-].[Cl-]. The summed E-state index contributed by atoms with van der Waals surface area (Å²) in [5, 5.41) is 19.6. The van der Waals surface area contributed by atoms with Crippen LogP contribution in [-0.2, 0) is 0 Å². The molecule has 0 heterocycles. The van der Waals surface area contributed by atoms with Gasteiger partial charge in [0, 0.05) is 23.7 Å². The van der Waals surface area contributed by atoms with Crippen molar-refractivity contribution in [2.45, 2.75) is 244 Å². The maximum absolute atomic E-state index is 9.94. The zero-order valence-corrected chi connectivity index (χ0v) is 53.3. The molecule has 13 heteroatoms. The normalized spacial score (nSPS) is 13.0. The van der Waals surface area contributed by atoms with E-state index in [1.54, 1.807) is 0 Å². The van der Waals surface area contributed by atoms with Gasteiger partial charge in [0.15, 0.2) is 6.10 Å². The molecule has 0 aliphatic rings. The van der Waals surface area contributed by atoms with Crippen LogP contribution in [0.1, 0.15) is 238 Å². The Hall–Kier alpha value is 1.46. The van der Waals surface area contributed by atoms with Crippen LogP contribution in [0.3, 0.4) is 0 Å². The van der Waals surface area contributed by atoms with Gasteiger partial charge in [0.25, 0.3) is 0 Å². The van der Waals surface area contributed by atoms with Gasteiger partial charge in [-0.15, -0.1) is 6.54 Å². The Kier molecular flexibility index (Phi) is 105. The molecular weight excluding hydrogens is 973 g/mol. The van der Waals surface area contributed by atoms with Gasteiger partial charge in [-0.2, -0.15) is 0 Å². The lowest BCUT2D eigenvalue weighted by atomic mass is 10.0. The summed E-state index contributed by atoms with van der Waals surface area (Å²) < 4.78 is 1.11. The van der Waals surface area contributed by atoms with Crippen molar-refractivity contribution in [3.63, 3.8) is 0 Å². The molecule has 0 radical (unpaired) electrons. The molecule has 0 amide bonds. The third kappa shape index (κ3) is 90.2. The molecule has 428 valence electrons. The fourth-order valence-corrected chi connectivity index (χ4v) is 8.32. The molecule has 7 nitrogen and oxygen atoms in total. The van der Waals surface area contributed by atoms with E-state index in [1.165, 1.54) is 187 Å². The number of quaternary nitrogens is 5. The summed E-state index contributed by atoms with van der Waals surface area (Å²) in [5.74, 6) is 4.07. The first-order chi connectivity index (χ1) is 30.2. The van der Waals surface area contributed by atoms with Crippen molar-refractivity contribution in [1.82, 2.24) is 0 Å². The van der Waals surface area contributed by atoms with Crippen molar-refractivity contribution in [1.29, 1.82) is 0 Å². The first-order valence-corrected chi connectivity index (χ1v) is 28.6. The van der Waals surface area contributed by atoms with E-state index in [2.05, 4.69) is 123 Å². The Balaban J connectivity index is -0.0000000817. The van der Waals surface area contributed by atoms with Gasteiger partial charge in [-0.1, -0.05) is 173 Å². The van der Waals surface area contributed by atoms with Gasteiger partial charge in [0.05, 0.1) is 67.0 Å². The zero-order valence-electron chi connectivity index (χ0n) is 48.7. The predicted molar refractivity (Wildman–Crippen MR) is 287 cm³/mol. The van der Waals surface area contributed by atoms with Gasteiger partial charge in [-0.05, 0) is 70.6 Å². The molecule has 9 N–H and O–H groups in total. The summed E-state index contributed by atoms with van der Waals surface area (Å²) >= 11 is 5.16. The number of unbranched alkanes of at least 4 members (excludes halogenated alkanes) is 10. The van der Waals surface area contributed by atoms with E-state index in [-0.39, 0.29) is 68.1 Å². The molecule has 6 atom stereocenters. The molecule has 0 fully saturated rings. The Morgan fingerprint density at radius 3 is 1.12 bits per heavy atom. The highest BCUT2D eigenvalue weighted by atomic mass is 35.5. The summed E-state index contributed by atoms with van der Waals surface area (Å²) in [5.41, 5.74) is 0. The highest BCUT2D eigenvalue weighted by molar-refractivity contribution is 6.24. The number of aliphatic hydroxyl groups excluding tert-OH is 1. The summed E-state index contributed by atoms with van der Waals surface area (Å²) in [7, 11) is 6.84. The number of halogens is 6. The fraction of sp³-hybridized carbons (Fsp3) is 1.00. The van der Waals surface area contributed by atoms with Gasteiger partial charge in [-0.3, -0.25) is 11.8 Å². The van der Waals surface area contributed by atoms with E-state index < -0.39 is 0 Å². The van der Waals surface area contributed by atoms with Crippen molar-refractivity contribution in [2.75, 3.05) is 86.6 Å². The van der Waals surface area contributed by atoms with Crippen molar-refractivity contribution >= 4 is 11.8 Å². The predicted octanol–water partition coefficient (Wildman–Crippen LogP) is -3.89. The summed E-state index contributed by atoms with van der Waals surface area (Å²) in [6, 6.07) is 0. The number of nitrogens with zero attached hydrogens (tertiary/aromatic N) is 2. The quantitative estimate of drug-likeness (QED) is 0.0315. The molecule has 0 bridgehead atoms. The Labute approximate surface area is 466 Å². The molecule has 0 aromatic carbocycles. The maximum Gasteiger partial charge on any atom is 0.151 e. The van der Waals surface area contributed by atoms with Gasteiger partial charge < -0.3 is 97.7 Å². The summed E-state index contributed by atoms with van der Waals surface area (Å²) in [4.78, 5) is 3.53. The minimum Gasteiger partial charge on any atom is -1.00 e. The van der Waals surface area contributed by atoms with E-state index in [1.807, 2.05) is 13.8 Å². The van der Waals surface area contributed by atoms with Crippen LogP contribution in [0.2, 0.25) is 0 Å². The number of hydrogen-bond acceptors (Lipinski definition) is 1. The standard InChI is InChI=1S/C16H36N2O.C16H35N.C15H35N2.C6H13ClN.C2H6.5ClH/c1-5-8-14(4)10-17-12-16(19)13-18-11-15(7-3)9-6-2;1-4-6-7-8-9-10-11-12-14-17-15-16(3)13-5-2;1-6-11-15(2)14-16-12-9-7-8-10-13-17(3,4)5;1-3-4-6(2)5-8-7;1-2;;;;;/h14-19H,5-13H2,1-4H3;16-17H,4-15H2,1-3H3;15-16H,6-14H2,1-5H3;6H,3-5H2,1-2H3;1-2H3;5*1H/q;;+1;-1;;;;;;/p-1. The monoisotopic (exact) mass is 1100 g/mol. The highest BCUT2D eigenvalue weighted by Gasteiger charge is 2.13. The van der Waals surface area contributed by atoms with Crippen molar-refractivity contribution in [3.8, 4) is 0 Å². The lowest BCUT2D eigenvalue weighted by Gasteiger charge is -2.23. The molecular formula is C55H129Cl6N6O-. The van der Waals surface area contributed by atoms with Crippen LogP contribution in [0.15, 0.2) is 0 Å². The molecule has 0 saturated carbocycles. The minimum atomic E-state index is -0.159. The maximum atomic E-state index is 9.94. The van der Waals surface area contributed by atoms with Crippen LogP contribution in [0.25, 0.3) is 4.84 Å². The van der Waals surface area contributed by atoms with Gasteiger partial charge in [0.2, 0.25) is 0 Å². The summed E-state index contributed by atoms with van der Waals surface area (Å²) in [6.07, 6.45) is 31.3. The second kappa shape index (κ2) is 77.4.